The summed E-state index contributed by atoms with van der Waals surface area (Å²) in [6.45, 7) is 1.46. The van der Waals surface area contributed by atoms with E-state index < -0.39 is 0 Å². The molecule has 98 valence electrons. The van der Waals surface area contributed by atoms with E-state index in [1.54, 1.807) is 19.2 Å². The van der Waals surface area contributed by atoms with Gasteiger partial charge in [-0.2, -0.15) is 5.26 Å². The average molecular weight is 251 g/mol. The first-order valence-corrected chi connectivity index (χ1v) is 5.67. The Morgan fingerprint density at radius 3 is 2.89 bits per heavy atom. The quantitative estimate of drug-likeness (QED) is 0.771. The second kappa shape index (κ2) is 7.48. The highest BCUT2D eigenvalue weighted by atomic mass is 16.5. The minimum absolute atomic E-state index is 0.240. The van der Waals surface area contributed by atoms with Crippen molar-refractivity contribution in [3.63, 3.8) is 0 Å². The lowest BCUT2D eigenvalue weighted by molar-refractivity contribution is 0.0667. The van der Waals surface area contributed by atoms with Gasteiger partial charge in [-0.05, 0) is 12.1 Å². The van der Waals surface area contributed by atoms with Crippen LogP contribution in [0, 0.1) is 11.3 Å². The number of carbonyl (C=O) groups is 1. The van der Waals surface area contributed by atoms with Crippen molar-refractivity contribution < 1.29 is 13.9 Å². The fraction of sp³-hybridized carbons (Fsp3) is 0.500. The predicted molar refractivity (Wildman–Crippen MR) is 64.6 cm³/mol. The minimum atomic E-state index is -0.248. The van der Waals surface area contributed by atoms with Gasteiger partial charge >= 0.3 is 0 Å². The third-order valence-electron chi connectivity index (χ3n) is 2.42. The second-order valence-corrected chi connectivity index (χ2v) is 3.66. The fourth-order valence-electron chi connectivity index (χ4n) is 1.46. The van der Waals surface area contributed by atoms with Crippen molar-refractivity contribution in [2.75, 3.05) is 26.8 Å². The molecule has 0 saturated heterocycles. The molecule has 0 aliphatic rings. The van der Waals surface area contributed by atoms with Crippen molar-refractivity contribution in [1.82, 2.24) is 4.90 Å². The summed E-state index contributed by atoms with van der Waals surface area (Å²) in [6, 6.07) is 5.28. The van der Waals surface area contributed by atoms with Crippen LogP contribution in [0.4, 0.5) is 0 Å². The predicted octanol–water partition coefficient (Wildman–Crippen LogP) is 0.741. The summed E-state index contributed by atoms with van der Waals surface area (Å²) in [6.07, 6.45) is 0.278. The molecule has 0 radical (unpaired) electrons. The lowest BCUT2D eigenvalue weighted by atomic mass is 10.3. The molecule has 6 heteroatoms. The number of methoxy groups -OCH3 is 1. The molecule has 0 unspecified atom stereocenters. The van der Waals surface area contributed by atoms with Crippen molar-refractivity contribution in [2.45, 2.75) is 13.0 Å². The SMILES string of the molecule is COCCN(CCC#N)C(=O)c1ccc(CN)o1. The summed E-state index contributed by atoms with van der Waals surface area (Å²) < 4.78 is 10.2. The Hall–Kier alpha value is -1.84. The third kappa shape index (κ3) is 3.87. The first-order valence-electron chi connectivity index (χ1n) is 5.67. The zero-order chi connectivity index (χ0) is 13.4. The van der Waals surface area contributed by atoms with Gasteiger partial charge in [0.05, 0.1) is 25.6 Å². The number of rotatable bonds is 7. The van der Waals surface area contributed by atoms with E-state index in [0.717, 1.165) is 0 Å². The normalized spacial score (nSPS) is 10.1. The molecule has 0 atom stereocenters. The van der Waals surface area contributed by atoms with Gasteiger partial charge in [0.2, 0.25) is 0 Å². The van der Waals surface area contributed by atoms with Gasteiger partial charge in [0, 0.05) is 20.2 Å². The van der Waals surface area contributed by atoms with Crippen molar-refractivity contribution in [3.05, 3.63) is 23.7 Å². The van der Waals surface area contributed by atoms with Gasteiger partial charge < -0.3 is 19.8 Å². The fourth-order valence-corrected chi connectivity index (χ4v) is 1.46. The number of hydrogen-bond acceptors (Lipinski definition) is 5. The molecule has 0 bridgehead atoms. The van der Waals surface area contributed by atoms with Crippen LogP contribution in [0.25, 0.3) is 0 Å². The van der Waals surface area contributed by atoms with Crippen LogP contribution in [0.5, 0.6) is 0 Å². The first-order chi connectivity index (χ1) is 8.72. The highest BCUT2D eigenvalue weighted by Gasteiger charge is 2.18. The highest BCUT2D eigenvalue weighted by Crippen LogP contribution is 2.10. The van der Waals surface area contributed by atoms with Crippen LogP contribution < -0.4 is 5.73 Å². The van der Waals surface area contributed by atoms with Crippen LogP contribution in [0.2, 0.25) is 0 Å². The molecule has 1 aromatic rings. The van der Waals surface area contributed by atoms with Crippen LogP contribution in [0.3, 0.4) is 0 Å². The molecule has 18 heavy (non-hydrogen) atoms. The van der Waals surface area contributed by atoms with E-state index in [2.05, 4.69) is 0 Å². The zero-order valence-electron chi connectivity index (χ0n) is 10.4. The molecule has 0 aliphatic carbocycles. The Labute approximate surface area is 106 Å². The molecular weight excluding hydrogens is 234 g/mol. The van der Waals surface area contributed by atoms with Crippen LogP contribution in [0.1, 0.15) is 22.7 Å². The number of nitrogens with two attached hydrogens (primary N) is 1. The van der Waals surface area contributed by atoms with Gasteiger partial charge in [0.25, 0.3) is 5.91 Å². The summed E-state index contributed by atoms with van der Waals surface area (Å²) in [7, 11) is 1.56. The van der Waals surface area contributed by atoms with Gasteiger partial charge in [-0.3, -0.25) is 4.79 Å². The van der Waals surface area contributed by atoms with Crippen LogP contribution in [-0.2, 0) is 11.3 Å². The molecule has 1 aromatic heterocycles. The standard InChI is InChI=1S/C12H17N3O3/c1-17-8-7-15(6-2-5-13)12(16)11-4-3-10(9-14)18-11/h3-4H,2,6-9,14H2,1H3. The van der Waals surface area contributed by atoms with Gasteiger partial charge in [0.15, 0.2) is 5.76 Å². The summed E-state index contributed by atoms with van der Waals surface area (Å²) in [4.78, 5) is 13.6. The van der Waals surface area contributed by atoms with E-state index in [4.69, 9.17) is 20.1 Å². The van der Waals surface area contributed by atoms with Crippen molar-refractivity contribution >= 4 is 5.91 Å². The van der Waals surface area contributed by atoms with Gasteiger partial charge in [-0.15, -0.1) is 0 Å². The number of hydrogen-bond donors (Lipinski definition) is 1. The van der Waals surface area contributed by atoms with Crippen LogP contribution in [-0.4, -0.2) is 37.6 Å². The molecule has 1 rings (SSSR count). The molecule has 2 N–H and O–H groups in total. The number of ether oxygens (including phenoxy) is 1. The third-order valence-corrected chi connectivity index (χ3v) is 2.42. The minimum Gasteiger partial charge on any atom is -0.455 e. The molecular formula is C12H17N3O3. The highest BCUT2D eigenvalue weighted by molar-refractivity contribution is 5.91. The van der Waals surface area contributed by atoms with Crippen molar-refractivity contribution in [1.29, 1.82) is 5.26 Å². The van der Waals surface area contributed by atoms with Crippen molar-refractivity contribution in [3.8, 4) is 6.07 Å². The maximum atomic E-state index is 12.1. The number of furan rings is 1. The molecule has 0 saturated carbocycles. The molecule has 0 fully saturated rings. The Morgan fingerprint density at radius 2 is 2.33 bits per heavy atom. The smallest absolute Gasteiger partial charge is 0.289 e. The molecule has 0 aliphatic heterocycles. The Morgan fingerprint density at radius 1 is 1.56 bits per heavy atom. The topological polar surface area (TPSA) is 92.5 Å². The Balaban J connectivity index is 2.70. The van der Waals surface area contributed by atoms with Crippen LogP contribution in [0.15, 0.2) is 16.5 Å². The maximum Gasteiger partial charge on any atom is 0.289 e. The maximum absolute atomic E-state index is 12.1. The van der Waals surface area contributed by atoms with E-state index in [-0.39, 0.29) is 24.6 Å². The van der Waals surface area contributed by atoms with Crippen LogP contribution >= 0.6 is 0 Å². The Kier molecular flexibility index (Phi) is 5.91. The van der Waals surface area contributed by atoms with E-state index >= 15 is 0 Å². The van der Waals surface area contributed by atoms with Gasteiger partial charge in [-0.25, -0.2) is 0 Å². The zero-order valence-corrected chi connectivity index (χ0v) is 10.4. The van der Waals surface area contributed by atoms with Gasteiger partial charge in [0.1, 0.15) is 5.76 Å². The van der Waals surface area contributed by atoms with E-state index in [0.29, 0.717) is 25.5 Å². The average Bonchev–Trinajstić information content (AvgIpc) is 2.87. The molecule has 1 amide bonds. The molecule has 1 heterocycles. The monoisotopic (exact) mass is 251 g/mol. The molecule has 0 spiro atoms. The van der Waals surface area contributed by atoms with E-state index in [1.165, 1.54) is 4.90 Å². The lowest BCUT2D eigenvalue weighted by Crippen LogP contribution is -2.34. The molecule has 0 aromatic carbocycles. The van der Waals surface area contributed by atoms with Gasteiger partial charge in [-0.1, -0.05) is 0 Å². The second-order valence-electron chi connectivity index (χ2n) is 3.66. The number of amides is 1. The summed E-state index contributed by atoms with van der Waals surface area (Å²) in [5.74, 6) is 0.553. The summed E-state index contributed by atoms with van der Waals surface area (Å²) in [5, 5.41) is 8.58. The summed E-state index contributed by atoms with van der Waals surface area (Å²) in [5.41, 5.74) is 5.42. The number of nitrogens with zero attached hydrogens (tertiary/aromatic N) is 2. The summed E-state index contributed by atoms with van der Waals surface area (Å²) >= 11 is 0. The number of nitriles is 1. The van der Waals surface area contributed by atoms with E-state index in [9.17, 15) is 4.79 Å². The number of carbonyl (C=O) groups excluding carboxylic acids is 1. The van der Waals surface area contributed by atoms with E-state index in [1.807, 2.05) is 6.07 Å². The lowest BCUT2D eigenvalue weighted by Gasteiger charge is -2.19. The van der Waals surface area contributed by atoms with Crippen molar-refractivity contribution in [2.24, 2.45) is 5.73 Å². The largest absolute Gasteiger partial charge is 0.455 e. The molecule has 6 nitrogen and oxygen atoms in total. The Bertz CT molecular complexity index is 422. The first kappa shape index (κ1) is 14.2.